The van der Waals surface area contributed by atoms with E-state index in [0.29, 0.717) is 13.1 Å². The van der Waals surface area contributed by atoms with E-state index in [1.165, 1.54) is 6.92 Å². The van der Waals surface area contributed by atoms with Crippen LogP contribution in [0.4, 0.5) is 0 Å². The van der Waals surface area contributed by atoms with Gasteiger partial charge in [-0.05, 0) is 43.8 Å². The molecule has 6 nitrogen and oxygen atoms in total. The molecule has 1 aromatic rings. The number of hydrogen-bond acceptors (Lipinski definition) is 4. The Kier molecular flexibility index (Phi) is 10.9. The van der Waals surface area contributed by atoms with Gasteiger partial charge in [0.2, 0.25) is 15.9 Å². The fourth-order valence-corrected chi connectivity index (χ4v) is 3.22. The summed E-state index contributed by atoms with van der Waals surface area (Å²) in [6.07, 6.45) is 0.779. The van der Waals surface area contributed by atoms with Crippen molar-refractivity contribution in [2.24, 2.45) is 0 Å². The van der Waals surface area contributed by atoms with Crippen molar-refractivity contribution in [3.63, 3.8) is 0 Å². The predicted octanol–water partition coefficient (Wildman–Crippen LogP) is 1.75. The van der Waals surface area contributed by atoms with E-state index < -0.39 is 10.0 Å². The highest BCUT2D eigenvalue weighted by atomic mass is 35.5. The van der Waals surface area contributed by atoms with E-state index in [1.54, 1.807) is 24.3 Å². The maximum Gasteiger partial charge on any atom is 0.240 e. The molecule has 0 saturated carbocycles. The lowest BCUT2D eigenvalue weighted by atomic mass is 10.2. The summed E-state index contributed by atoms with van der Waals surface area (Å²) >= 11 is 0. The molecule has 0 bridgehead atoms. The number of benzene rings is 1. The largest absolute Gasteiger partial charge is 0.352 e. The van der Waals surface area contributed by atoms with Crippen LogP contribution in [-0.4, -0.2) is 45.4 Å². The maximum atomic E-state index is 12.2. The van der Waals surface area contributed by atoms with Crippen LogP contribution in [0.2, 0.25) is 0 Å². The van der Waals surface area contributed by atoms with Crippen LogP contribution < -0.4 is 10.0 Å². The molecule has 2 N–H and O–H groups in total. The van der Waals surface area contributed by atoms with Gasteiger partial charge in [-0.2, -0.15) is 0 Å². The van der Waals surface area contributed by atoms with Crippen LogP contribution >= 0.6 is 12.4 Å². The average Bonchev–Trinajstić information content (AvgIpc) is 2.53. The van der Waals surface area contributed by atoms with Gasteiger partial charge in [-0.1, -0.05) is 26.0 Å². The molecule has 0 aliphatic carbocycles. The minimum Gasteiger partial charge on any atom is -0.352 e. The molecule has 0 radical (unpaired) electrons. The van der Waals surface area contributed by atoms with Gasteiger partial charge >= 0.3 is 0 Å². The van der Waals surface area contributed by atoms with Gasteiger partial charge in [-0.15, -0.1) is 12.4 Å². The van der Waals surface area contributed by atoms with Gasteiger partial charge in [-0.3, -0.25) is 4.79 Å². The zero-order chi connectivity index (χ0) is 17.3. The molecule has 0 unspecified atom stereocenters. The molecule has 8 heteroatoms. The van der Waals surface area contributed by atoms with Gasteiger partial charge in [0.15, 0.2) is 0 Å². The van der Waals surface area contributed by atoms with Gasteiger partial charge < -0.3 is 10.2 Å². The summed E-state index contributed by atoms with van der Waals surface area (Å²) in [6.45, 7) is 9.27. The second-order valence-corrected chi connectivity index (χ2v) is 7.10. The molecule has 1 amide bonds. The topological polar surface area (TPSA) is 78.5 Å². The third-order valence-corrected chi connectivity index (χ3v) is 5.09. The van der Waals surface area contributed by atoms with Crippen LogP contribution in [0.15, 0.2) is 29.2 Å². The predicted molar refractivity (Wildman–Crippen MR) is 98.8 cm³/mol. The monoisotopic (exact) mass is 377 g/mol. The van der Waals surface area contributed by atoms with E-state index in [1.807, 2.05) is 0 Å². The molecule has 0 saturated heterocycles. The highest BCUT2D eigenvalue weighted by Gasteiger charge is 2.13. The molecule has 0 aromatic heterocycles. The van der Waals surface area contributed by atoms with E-state index >= 15 is 0 Å². The SMILES string of the molecule is CCN(CC)CCCNS(=O)(=O)c1ccc(CNC(C)=O)cc1.Cl. The second kappa shape index (κ2) is 11.4. The quantitative estimate of drug-likeness (QED) is 0.609. The summed E-state index contributed by atoms with van der Waals surface area (Å²) in [5, 5.41) is 2.67. The molecular formula is C16H28ClN3O3S. The van der Waals surface area contributed by atoms with E-state index in [0.717, 1.165) is 31.6 Å². The molecule has 1 rings (SSSR count). The van der Waals surface area contributed by atoms with Gasteiger partial charge in [0.1, 0.15) is 0 Å². The number of carbonyl (C=O) groups is 1. The average molecular weight is 378 g/mol. The zero-order valence-corrected chi connectivity index (χ0v) is 16.2. The zero-order valence-electron chi connectivity index (χ0n) is 14.5. The van der Waals surface area contributed by atoms with Crippen molar-refractivity contribution in [1.29, 1.82) is 0 Å². The van der Waals surface area contributed by atoms with Crippen LogP contribution in [0.5, 0.6) is 0 Å². The number of nitrogens with zero attached hydrogens (tertiary/aromatic N) is 1. The van der Waals surface area contributed by atoms with Crippen LogP contribution in [0, 0.1) is 0 Å². The highest BCUT2D eigenvalue weighted by Crippen LogP contribution is 2.10. The van der Waals surface area contributed by atoms with Gasteiger partial charge in [0, 0.05) is 20.0 Å². The molecular weight excluding hydrogens is 350 g/mol. The molecule has 24 heavy (non-hydrogen) atoms. The minimum absolute atomic E-state index is 0. The van der Waals surface area contributed by atoms with Crippen molar-refractivity contribution < 1.29 is 13.2 Å². The van der Waals surface area contributed by atoms with Gasteiger partial charge in [-0.25, -0.2) is 13.1 Å². The minimum atomic E-state index is -3.48. The Morgan fingerprint density at radius 2 is 1.71 bits per heavy atom. The molecule has 0 aliphatic heterocycles. The molecule has 138 valence electrons. The van der Waals surface area contributed by atoms with Crippen molar-refractivity contribution in [3.05, 3.63) is 29.8 Å². The number of halogens is 1. The standard InChI is InChI=1S/C16H27N3O3S.ClH/c1-4-19(5-2)12-6-11-18-23(21,22)16-9-7-15(8-10-16)13-17-14(3)20;/h7-10,18H,4-6,11-13H2,1-3H3,(H,17,20);1H. The summed E-state index contributed by atoms with van der Waals surface area (Å²) in [4.78, 5) is 13.4. The molecule has 0 atom stereocenters. The van der Waals surface area contributed by atoms with E-state index in [9.17, 15) is 13.2 Å². The summed E-state index contributed by atoms with van der Waals surface area (Å²) in [5.41, 5.74) is 0.862. The number of nitrogens with one attached hydrogen (secondary N) is 2. The first-order chi connectivity index (χ1) is 10.9. The van der Waals surface area contributed by atoms with Crippen molar-refractivity contribution in [2.75, 3.05) is 26.2 Å². The molecule has 0 fully saturated rings. The van der Waals surface area contributed by atoms with Crippen molar-refractivity contribution >= 4 is 28.3 Å². The third-order valence-electron chi connectivity index (χ3n) is 3.61. The summed E-state index contributed by atoms with van der Waals surface area (Å²) in [5.74, 6) is -0.114. The number of sulfonamides is 1. The van der Waals surface area contributed by atoms with Crippen LogP contribution in [0.3, 0.4) is 0 Å². The number of hydrogen-bond donors (Lipinski definition) is 2. The van der Waals surface area contributed by atoms with E-state index in [4.69, 9.17) is 0 Å². The smallest absolute Gasteiger partial charge is 0.240 e. The van der Waals surface area contributed by atoms with Gasteiger partial charge in [0.25, 0.3) is 0 Å². The van der Waals surface area contributed by atoms with E-state index in [2.05, 4.69) is 28.8 Å². The fraction of sp³-hybridized carbons (Fsp3) is 0.562. The Balaban J connectivity index is 0.00000529. The third kappa shape index (κ3) is 8.10. The lowest BCUT2D eigenvalue weighted by molar-refractivity contribution is -0.119. The summed E-state index contributed by atoms with van der Waals surface area (Å²) in [7, 11) is -3.48. The first-order valence-electron chi connectivity index (χ1n) is 7.94. The highest BCUT2D eigenvalue weighted by molar-refractivity contribution is 7.89. The normalized spacial score (nSPS) is 11.2. The number of carbonyl (C=O) groups excluding carboxylic acids is 1. The lowest BCUT2D eigenvalue weighted by Crippen LogP contribution is -2.30. The molecule has 0 heterocycles. The lowest BCUT2D eigenvalue weighted by Gasteiger charge is -2.17. The number of rotatable bonds is 10. The Hall–Kier alpha value is -1.15. The van der Waals surface area contributed by atoms with Crippen molar-refractivity contribution in [2.45, 2.75) is 38.6 Å². The molecule has 0 aliphatic rings. The Bertz CT molecular complexity index is 587. The van der Waals surface area contributed by atoms with Crippen LogP contribution in [-0.2, 0) is 21.4 Å². The molecule has 0 spiro atoms. The van der Waals surface area contributed by atoms with Crippen LogP contribution in [0.25, 0.3) is 0 Å². The molecule has 1 aromatic carbocycles. The van der Waals surface area contributed by atoms with Crippen molar-refractivity contribution in [1.82, 2.24) is 14.9 Å². The second-order valence-electron chi connectivity index (χ2n) is 5.33. The maximum absolute atomic E-state index is 12.2. The first kappa shape index (κ1) is 22.9. The Morgan fingerprint density at radius 3 is 2.21 bits per heavy atom. The fourth-order valence-electron chi connectivity index (χ4n) is 2.15. The summed E-state index contributed by atoms with van der Waals surface area (Å²) < 4.78 is 27.0. The first-order valence-corrected chi connectivity index (χ1v) is 9.42. The Morgan fingerprint density at radius 1 is 1.12 bits per heavy atom. The number of amides is 1. The van der Waals surface area contributed by atoms with Crippen molar-refractivity contribution in [3.8, 4) is 0 Å². The van der Waals surface area contributed by atoms with Crippen LogP contribution in [0.1, 0.15) is 32.8 Å². The van der Waals surface area contributed by atoms with Gasteiger partial charge in [0.05, 0.1) is 4.90 Å². The summed E-state index contributed by atoms with van der Waals surface area (Å²) in [6, 6.07) is 6.54. The van der Waals surface area contributed by atoms with E-state index in [-0.39, 0.29) is 23.2 Å². The Labute approximate surface area is 151 Å².